The Morgan fingerprint density at radius 1 is 1.06 bits per heavy atom. The third-order valence-electron chi connectivity index (χ3n) is 11.1. The Kier molecular flexibility index (Phi) is 6.85. The molecule has 3 fully saturated rings. The van der Waals surface area contributed by atoms with Gasteiger partial charge in [0.1, 0.15) is 0 Å². The maximum absolute atomic E-state index is 10.2. The summed E-state index contributed by atoms with van der Waals surface area (Å²) in [5.41, 5.74) is 4.00. The maximum Gasteiger partial charge on any atom is 0.0577 e. The zero-order chi connectivity index (χ0) is 22.4. The van der Waals surface area contributed by atoms with E-state index in [0.717, 1.165) is 42.4 Å². The molecule has 0 aromatic carbocycles. The van der Waals surface area contributed by atoms with Gasteiger partial charge in [0.25, 0.3) is 0 Å². The molecule has 4 aliphatic carbocycles. The smallest absolute Gasteiger partial charge is 0.0577 e. The van der Waals surface area contributed by atoms with Crippen molar-refractivity contribution in [2.24, 2.45) is 46.3 Å². The minimum Gasteiger partial charge on any atom is -0.393 e. The molecule has 0 heterocycles. The molecule has 0 spiro atoms. The lowest BCUT2D eigenvalue weighted by atomic mass is 9.47. The number of hydrogen-bond donors (Lipinski definition) is 1. The number of allylic oxidation sites excluding steroid dienone is 2. The average molecular weight is 427 g/mol. The lowest BCUT2D eigenvalue weighted by molar-refractivity contribution is -0.0572. The molecule has 0 aromatic heterocycles. The predicted octanol–water partition coefficient (Wildman–Crippen LogP) is 8.34. The number of aliphatic hydroxyl groups is 1. The van der Waals surface area contributed by atoms with E-state index in [0.29, 0.717) is 16.7 Å². The van der Waals surface area contributed by atoms with Gasteiger partial charge in [-0.25, -0.2) is 0 Å². The van der Waals surface area contributed by atoms with Gasteiger partial charge in [-0.2, -0.15) is 0 Å². The molecule has 0 aromatic rings. The fraction of sp³-hybridized carbons (Fsp3) is 0.867. The van der Waals surface area contributed by atoms with Crippen molar-refractivity contribution in [2.45, 2.75) is 118 Å². The van der Waals surface area contributed by atoms with E-state index < -0.39 is 0 Å². The Bertz CT molecular complexity index is 689. The molecule has 0 bridgehead atoms. The molecule has 1 nitrogen and oxygen atoms in total. The average Bonchev–Trinajstić information content (AvgIpc) is 3.08. The summed E-state index contributed by atoms with van der Waals surface area (Å²) < 4.78 is 0. The molecule has 4 rings (SSSR count). The van der Waals surface area contributed by atoms with Crippen molar-refractivity contribution in [3.63, 3.8) is 0 Å². The highest BCUT2D eigenvalue weighted by molar-refractivity contribution is 5.25. The van der Waals surface area contributed by atoms with Gasteiger partial charge in [-0.15, -0.1) is 0 Å². The van der Waals surface area contributed by atoms with Gasteiger partial charge < -0.3 is 5.11 Å². The molecule has 8 unspecified atom stereocenters. The Hall–Kier alpha value is -0.560. The largest absolute Gasteiger partial charge is 0.393 e. The van der Waals surface area contributed by atoms with Crippen molar-refractivity contribution in [3.8, 4) is 0 Å². The topological polar surface area (TPSA) is 20.2 Å². The Balaban J connectivity index is 1.39. The van der Waals surface area contributed by atoms with Gasteiger partial charge in [-0.05, 0) is 111 Å². The minimum absolute atomic E-state index is 0.0841. The van der Waals surface area contributed by atoms with Gasteiger partial charge in [-0.3, -0.25) is 0 Å². The molecule has 0 aliphatic heterocycles. The van der Waals surface area contributed by atoms with E-state index in [4.69, 9.17) is 0 Å². The van der Waals surface area contributed by atoms with Crippen LogP contribution < -0.4 is 0 Å². The lowest BCUT2D eigenvalue weighted by Crippen LogP contribution is -2.50. The zero-order valence-electron chi connectivity index (χ0n) is 21.3. The Morgan fingerprint density at radius 3 is 2.58 bits per heavy atom. The second-order valence-corrected chi connectivity index (χ2v) is 12.9. The summed E-state index contributed by atoms with van der Waals surface area (Å²) in [6, 6.07) is 0. The van der Waals surface area contributed by atoms with E-state index in [9.17, 15) is 5.11 Å². The van der Waals surface area contributed by atoms with Crippen LogP contribution in [0.4, 0.5) is 0 Å². The zero-order valence-corrected chi connectivity index (χ0v) is 21.3. The highest BCUT2D eigenvalue weighted by Gasteiger charge is 2.59. The standard InChI is InChI=1S/C30H50O/c1-20(2)21(3)9-7-8-10-22(4)26-13-14-27-25-12-11-23-19-24(31)15-17-29(23,5)28(25)16-18-30(26,27)6/h11,20,22,24-28,31H,3,7-10,12-19H2,1-2,4-6H3. The van der Waals surface area contributed by atoms with E-state index in [2.05, 4.69) is 47.3 Å². The molecular weight excluding hydrogens is 376 g/mol. The second kappa shape index (κ2) is 9.00. The lowest BCUT2D eigenvalue weighted by Gasteiger charge is -2.58. The van der Waals surface area contributed by atoms with Crippen LogP contribution in [0.3, 0.4) is 0 Å². The number of fused-ring (bicyclic) bond motifs is 5. The summed E-state index contributed by atoms with van der Waals surface area (Å²) >= 11 is 0. The number of rotatable bonds is 7. The van der Waals surface area contributed by atoms with Crippen LogP contribution in [0.15, 0.2) is 23.8 Å². The van der Waals surface area contributed by atoms with Crippen LogP contribution in [0.5, 0.6) is 0 Å². The van der Waals surface area contributed by atoms with Gasteiger partial charge in [0, 0.05) is 0 Å². The van der Waals surface area contributed by atoms with Gasteiger partial charge >= 0.3 is 0 Å². The van der Waals surface area contributed by atoms with E-state index in [1.165, 1.54) is 69.8 Å². The SMILES string of the molecule is C=C(CCCCC(C)C1CCC2C3CC=C4CC(O)CCC4(C)C3CCC12C)C(C)C. The molecule has 176 valence electrons. The van der Waals surface area contributed by atoms with Crippen molar-refractivity contribution in [3.05, 3.63) is 23.8 Å². The summed E-state index contributed by atoms with van der Waals surface area (Å²) in [7, 11) is 0. The van der Waals surface area contributed by atoms with Crippen molar-refractivity contribution in [1.29, 1.82) is 0 Å². The molecule has 3 saturated carbocycles. The van der Waals surface area contributed by atoms with E-state index >= 15 is 0 Å². The molecule has 8 atom stereocenters. The van der Waals surface area contributed by atoms with Crippen molar-refractivity contribution >= 4 is 0 Å². The quantitative estimate of drug-likeness (QED) is 0.320. The van der Waals surface area contributed by atoms with Gasteiger partial charge in [-0.1, -0.05) is 71.3 Å². The summed E-state index contributed by atoms with van der Waals surface area (Å²) in [6.07, 6.45) is 18.1. The fourth-order valence-corrected chi connectivity index (χ4v) is 8.93. The molecule has 0 radical (unpaired) electrons. The monoisotopic (exact) mass is 426 g/mol. The number of unbranched alkanes of at least 4 members (excludes halogenated alkanes) is 1. The third-order valence-corrected chi connectivity index (χ3v) is 11.1. The fourth-order valence-electron chi connectivity index (χ4n) is 8.93. The van der Waals surface area contributed by atoms with Gasteiger partial charge in [0.2, 0.25) is 0 Å². The first-order chi connectivity index (χ1) is 14.7. The predicted molar refractivity (Wildman–Crippen MR) is 133 cm³/mol. The van der Waals surface area contributed by atoms with Crippen LogP contribution in [-0.4, -0.2) is 11.2 Å². The van der Waals surface area contributed by atoms with Gasteiger partial charge in [0.05, 0.1) is 6.10 Å². The first-order valence-corrected chi connectivity index (χ1v) is 13.7. The van der Waals surface area contributed by atoms with E-state index in [-0.39, 0.29) is 6.10 Å². The van der Waals surface area contributed by atoms with Crippen LogP contribution in [0.1, 0.15) is 112 Å². The Morgan fingerprint density at radius 2 is 1.84 bits per heavy atom. The summed E-state index contributed by atoms with van der Waals surface area (Å²) in [4.78, 5) is 0. The molecule has 0 amide bonds. The molecule has 1 N–H and O–H groups in total. The van der Waals surface area contributed by atoms with Gasteiger partial charge in [0.15, 0.2) is 0 Å². The normalized spacial score (nSPS) is 43.1. The van der Waals surface area contributed by atoms with E-state index in [1.807, 2.05) is 0 Å². The highest BCUT2D eigenvalue weighted by atomic mass is 16.3. The van der Waals surface area contributed by atoms with Crippen LogP contribution >= 0.6 is 0 Å². The summed E-state index contributed by atoms with van der Waals surface area (Å²) in [5.74, 6) is 5.14. The van der Waals surface area contributed by atoms with Crippen LogP contribution in [0.2, 0.25) is 0 Å². The van der Waals surface area contributed by atoms with Crippen LogP contribution in [-0.2, 0) is 0 Å². The first kappa shape index (κ1) is 23.6. The van der Waals surface area contributed by atoms with Crippen molar-refractivity contribution in [2.75, 3.05) is 0 Å². The summed E-state index contributed by atoms with van der Waals surface area (Å²) in [5, 5.41) is 10.2. The van der Waals surface area contributed by atoms with Crippen LogP contribution in [0.25, 0.3) is 0 Å². The summed E-state index contributed by atoms with van der Waals surface area (Å²) in [6.45, 7) is 16.7. The Labute approximate surface area is 193 Å². The molecule has 31 heavy (non-hydrogen) atoms. The second-order valence-electron chi connectivity index (χ2n) is 12.9. The first-order valence-electron chi connectivity index (χ1n) is 13.7. The molecule has 1 heteroatoms. The third kappa shape index (κ3) is 4.22. The van der Waals surface area contributed by atoms with Crippen molar-refractivity contribution in [1.82, 2.24) is 0 Å². The van der Waals surface area contributed by atoms with Crippen molar-refractivity contribution < 1.29 is 5.11 Å². The van der Waals surface area contributed by atoms with E-state index in [1.54, 1.807) is 5.57 Å². The molecule has 0 saturated heterocycles. The maximum atomic E-state index is 10.2. The molecule has 4 aliphatic rings. The number of hydrogen-bond acceptors (Lipinski definition) is 1. The van der Waals surface area contributed by atoms with Crippen LogP contribution in [0, 0.1) is 46.3 Å². The minimum atomic E-state index is -0.0841. The molecular formula is C30H50O. The number of aliphatic hydroxyl groups excluding tert-OH is 1. The highest BCUT2D eigenvalue weighted by Crippen LogP contribution is 2.67.